The van der Waals surface area contributed by atoms with Gasteiger partial charge in [0.15, 0.2) is 5.65 Å². The number of aromatic nitrogens is 3. The molecular formula is C20H30N4O2. The number of piperidine rings is 1. The highest BCUT2D eigenvalue weighted by molar-refractivity contribution is 5.70. The van der Waals surface area contributed by atoms with E-state index in [-0.39, 0.29) is 11.7 Å². The fraction of sp³-hybridized carbons (Fsp3) is 0.700. The standard InChI is InChI=1S/C20H30N4O2/c1-3-26-17-7-5-15(6-8-17)23-12-10-16(11-13-23)24-19-18(22-20(24)25)9-4-14(2)21-19/h4,9,15-17H,3,5-8,10-13H2,1-2H3,(H,22,25). The Morgan fingerprint density at radius 3 is 2.54 bits per heavy atom. The molecule has 0 bridgehead atoms. The minimum Gasteiger partial charge on any atom is -0.379 e. The van der Waals surface area contributed by atoms with Crippen molar-refractivity contribution in [3.8, 4) is 0 Å². The summed E-state index contributed by atoms with van der Waals surface area (Å²) in [5.41, 5.74) is 2.59. The number of pyridine rings is 1. The van der Waals surface area contributed by atoms with Gasteiger partial charge in [0.2, 0.25) is 0 Å². The van der Waals surface area contributed by atoms with E-state index < -0.39 is 0 Å². The maximum atomic E-state index is 12.5. The number of ether oxygens (including phenoxy) is 1. The Hall–Kier alpha value is -1.66. The van der Waals surface area contributed by atoms with Gasteiger partial charge in [0.25, 0.3) is 0 Å². The molecule has 0 radical (unpaired) electrons. The van der Waals surface area contributed by atoms with Crippen LogP contribution in [0.5, 0.6) is 0 Å². The van der Waals surface area contributed by atoms with Crippen molar-refractivity contribution in [3.63, 3.8) is 0 Å². The molecule has 2 fully saturated rings. The Morgan fingerprint density at radius 2 is 1.85 bits per heavy atom. The molecule has 0 spiro atoms. The van der Waals surface area contributed by atoms with E-state index in [1.807, 2.05) is 23.6 Å². The molecule has 3 heterocycles. The quantitative estimate of drug-likeness (QED) is 0.912. The first-order valence-corrected chi connectivity index (χ1v) is 10.1. The molecule has 4 rings (SSSR count). The van der Waals surface area contributed by atoms with Crippen molar-refractivity contribution in [1.82, 2.24) is 19.4 Å². The first kappa shape index (κ1) is 17.7. The lowest BCUT2D eigenvalue weighted by Crippen LogP contribution is -2.45. The van der Waals surface area contributed by atoms with E-state index in [0.717, 1.165) is 49.4 Å². The number of nitrogens with one attached hydrogen (secondary N) is 1. The Bertz CT molecular complexity index is 796. The van der Waals surface area contributed by atoms with E-state index in [4.69, 9.17) is 4.74 Å². The largest absolute Gasteiger partial charge is 0.379 e. The van der Waals surface area contributed by atoms with Crippen LogP contribution in [0.25, 0.3) is 11.2 Å². The molecule has 0 unspecified atom stereocenters. The summed E-state index contributed by atoms with van der Waals surface area (Å²) in [6.45, 7) is 7.02. The van der Waals surface area contributed by atoms with Crippen LogP contribution in [0.4, 0.5) is 0 Å². The van der Waals surface area contributed by atoms with Crippen molar-refractivity contribution < 1.29 is 4.74 Å². The van der Waals surface area contributed by atoms with Crippen molar-refractivity contribution >= 4 is 11.2 Å². The molecule has 2 aromatic heterocycles. The van der Waals surface area contributed by atoms with Crippen molar-refractivity contribution in [1.29, 1.82) is 0 Å². The van der Waals surface area contributed by atoms with Crippen LogP contribution in [-0.4, -0.2) is 51.3 Å². The van der Waals surface area contributed by atoms with Crippen molar-refractivity contribution in [2.45, 2.75) is 70.6 Å². The van der Waals surface area contributed by atoms with E-state index in [1.165, 1.54) is 25.7 Å². The van der Waals surface area contributed by atoms with E-state index in [9.17, 15) is 4.79 Å². The molecule has 6 nitrogen and oxygen atoms in total. The first-order valence-electron chi connectivity index (χ1n) is 10.1. The summed E-state index contributed by atoms with van der Waals surface area (Å²) < 4.78 is 7.68. The lowest BCUT2D eigenvalue weighted by Gasteiger charge is -2.40. The van der Waals surface area contributed by atoms with Crippen LogP contribution >= 0.6 is 0 Å². The molecular weight excluding hydrogens is 328 g/mol. The average Bonchev–Trinajstić information content (AvgIpc) is 2.98. The predicted molar refractivity (Wildman–Crippen MR) is 103 cm³/mol. The highest BCUT2D eigenvalue weighted by Gasteiger charge is 2.30. The molecule has 1 saturated carbocycles. The Labute approximate surface area is 154 Å². The van der Waals surface area contributed by atoms with Gasteiger partial charge in [0, 0.05) is 37.5 Å². The van der Waals surface area contributed by atoms with Gasteiger partial charge in [-0.2, -0.15) is 0 Å². The zero-order chi connectivity index (χ0) is 18.1. The van der Waals surface area contributed by atoms with Crippen molar-refractivity contribution in [3.05, 3.63) is 28.3 Å². The first-order chi connectivity index (χ1) is 12.7. The van der Waals surface area contributed by atoms with Gasteiger partial charge in [-0.1, -0.05) is 0 Å². The van der Waals surface area contributed by atoms with Gasteiger partial charge in [-0.05, 0) is 64.5 Å². The van der Waals surface area contributed by atoms with Gasteiger partial charge < -0.3 is 14.6 Å². The number of nitrogens with zero attached hydrogens (tertiary/aromatic N) is 3. The third-order valence-electron chi connectivity index (χ3n) is 6.13. The Balaban J connectivity index is 1.41. The summed E-state index contributed by atoms with van der Waals surface area (Å²) in [6, 6.07) is 4.85. The second-order valence-corrected chi connectivity index (χ2v) is 7.78. The van der Waals surface area contributed by atoms with Gasteiger partial charge in [0.1, 0.15) is 0 Å². The number of fused-ring (bicyclic) bond motifs is 1. The van der Waals surface area contributed by atoms with Crippen LogP contribution in [0.2, 0.25) is 0 Å². The van der Waals surface area contributed by atoms with E-state index in [2.05, 4.69) is 21.8 Å². The molecule has 1 aliphatic heterocycles. The van der Waals surface area contributed by atoms with Crippen LogP contribution in [0.3, 0.4) is 0 Å². The van der Waals surface area contributed by atoms with Gasteiger partial charge in [-0.15, -0.1) is 0 Å². The Kier molecular flexibility index (Phi) is 5.14. The lowest BCUT2D eigenvalue weighted by atomic mass is 9.90. The second kappa shape index (κ2) is 7.53. The van der Waals surface area contributed by atoms with E-state index in [0.29, 0.717) is 12.1 Å². The summed E-state index contributed by atoms with van der Waals surface area (Å²) in [7, 11) is 0. The molecule has 142 valence electrons. The minimum absolute atomic E-state index is 0.0197. The summed E-state index contributed by atoms with van der Waals surface area (Å²) >= 11 is 0. The highest BCUT2D eigenvalue weighted by Crippen LogP contribution is 2.30. The number of hydrogen-bond acceptors (Lipinski definition) is 4. The highest BCUT2D eigenvalue weighted by atomic mass is 16.5. The molecule has 2 aromatic rings. The van der Waals surface area contributed by atoms with Crippen molar-refractivity contribution in [2.24, 2.45) is 0 Å². The molecule has 1 aliphatic carbocycles. The summed E-state index contributed by atoms with van der Waals surface area (Å²) in [4.78, 5) is 22.7. The topological polar surface area (TPSA) is 63.1 Å². The van der Waals surface area contributed by atoms with Gasteiger partial charge in [-0.25, -0.2) is 9.78 Å². The summed E-state index contributed by atoms with van der Waals surface area (Å²) in [5, 5.41) is 0. The zero-order valence-electron chi connectivity index (χ0n) is 15.9. The third kappa shape index (κ3) is 3.45. The molecule has 26 heavy (non-hydrogen) atoms. The van der Waals surface area contributed by atoms with Crippen LogP contribution in [0, 0.1) is 6.92 Å². The molecule has 0 atom stereocenters. The minimum atomic E-state index is -0.0197. The number of H-pyrrole nitrogens is 1. The number of aryl methyl sites for hydroxylation is 1. The fourth-order valence-electron chi connectivity index (χ4n) is 4.76. The number of rotatable bonds is 4. The monoisotopic (exact) mass is 358 g/mol. The molecule has 0 aromatic carbocycles. The Morgan fingerprint density at radius 1 is 1.12 bits per heavy atom. The molecule has 2 aliphatic rings. The average molecular weight is 358 g/mol. The molecule has 1 N–H and O–H groups in total. The number of likely N-dealkylation sites (tertiary alicyclic amines) is 1. The number of aromatic amines is 1. The van der Waals surface area contributed by atoms with E-state index >= 15 is 0 Å². The SMILES string of the molecule is CCOC1CCC(N2CCC(n3c(=O)[nH]c4ccc(C)nc43)CC2)CC1. The van der Waals surface area contributed by atoms with Gasteiger partial charge >= 0.3 is 5.69 Å². The maximum Gasteiger partial charge on any atom is 0.327 e. The molecule has 1 saturated heterocycles. The molecule has 0 amide bonds. The second-order valence-electron chi connectivity index (χ2n) is 7.78. The third-order valence-corrected chi connectivity index (χ3v) is 6.13. The number of imidazole rings is 1. The van der Waals surface area contributed by atoms with Crippen LogP contribution in [0.15, 0.2) is 16.9 Å². The van der Waals surface area contributed by atoms with Crippen LogP contribution in [-0.2, 0) is 4.74 Å². The van der Waals surface area contributed by atoms with Crippen LogP contribution < -0.4 is 5.69 Å². The zero-order valence-corrected chi connectivity index (χ0v) is 15.9. The van der Waals surface area contributed by atoms with Gasteiger partial charge in [-0.3, -0.25) is 4.57 Å². The molecule has 6 heteroatoms. The van der Waals surface area contributed by atoms with E-state index in [1.54, 1.807) is 0 Å². The summed E-state index contributed by atoms with van der Waals surface area (Å²) in [5.74, 6) is 0. The predicted octanol–water partition coefficient (Wildman–Crippen LogP) is 3.02. The van der Waals surface area contributed by atoms with Gasteiger partial charge in [0.05, 0.1) is 11.6 Å². The summed E-state index contributed by atoms with van der Waals surface area (Å²) in [6.07, 6.45) is 7.36. The maximum absolute atomic E-state index is 12.5. The van der Waals surface area contributed by atoms with Crippen LogP contribution in [0.1, 0.15) is 57.2 Å². The fourth-order valence-corrected chi connectivity index (χ4v) is 4.76. The lowest BCUT2D eigenvalue weighted by molar-refractivity contribution is 0.00795. The number of hydrogen-bond donors (Lipinski definition) is 1. The van der Waals surface area contributed by atoms with Crippen molar-refractivity contribution in [2.75, 3.05) is 19.7 Å². The normalized spacial score (nSPS) is 25.8. The smallest absolute Gasteiger partial charge is 0.327 e.